The van der Waals surface area contributed by atoms with Gasteiger partial charge >= 0.3 is 0 Å². The summed E-state index contributed by atoms with van der Waals surface area (Å²) in [6.07, 6.45) is 0.466. The number of benzene rings is 3. The summed E-state index contributed by atoms with van der Waals surface area (Å²) in [5.74, 6) is 0.955. The molecule has 0 spiro atoms. The predicted molar refractivity (Wildman–Crippen MR) is 92.0 cm³/mol. The third-order valence-corrected chi connectivity index (χ3v) is 4.50. The van der Waals surface area contributed by atoms with Crippen LogP contribution in [0.4, 0.5) is 5.69 Å². The van der Waals surface area contributed by atoms with Crippen LogP contribution in [-0.4, -0.2) is 13.0 Å². The Hall–Kier alpha value is -2.81. The molecule has 3 heteroatoms. The van der Waals surface area contributed by atoms with E-state index in [2.05, 4.69) is 23.5 Å². The third kappa shape index (κ3) is 2.34. The summed E-state index contributed by atoms with van der Waals surface area (Å²) in [7, 11) is 1.66. The highest BCUT2D eigenvalue weighted by Gasteiger charge is 2.28. The molecule has 0 saturated carbocycles. The smallest absolute Gasteiger partial charge is 0.225 e. The highest BCUT2D eigenvalue weighted by molar-refractivity contribution is 6.01. The molecule has 3 aromatic carbocycles. The molecule has 1 atom stereocenters. The summed E-state index contributed by atoms with van der Waals surface area (Å²) in [5, 5.41) is 5.41. The molecular formula is C20H17NO2. The Morgan fingerprint density at radius 2 is 1.78 bits per heavy atom. The van der Waals surface area contributed by atoms with Crippen molar-refractivity contribution in [3.63, 3.8) is 0 Å². The monoisotopic (exact) mass is 303 g/mol. The van der Waals surface area contributed by atoms with Gasteiger partial charge in [-0.25, -0.2) is 0 Å². The molecule has 4 rings (SSSR count). The number of amides is 1. The Balaban J connectivity index is 1.91. The molecule has 1 aliphatic heterocycles. The largest absolute Gasteiger partial charge is 0.497 e. The number of hydrogen-bond donors (Lipinski definition) is 1. The van der Waals surface area contributed by atoms with Crippen molar-refractivity contribution >= 4 is 22.4 Å². The van der Waals surface area contributed by atoms with Gasteiger partial charge in [0.15, 0.2) is 0 Å². The van der Waals surface area contributed by atoms with Crippen LogP contribution in [-0.2, 0) is 4.79 Å². The number of rotatable bonds is 2. The lowest BCUT2D eigenvalue weighted by Gasteiger charge is -2.27. The second-order valence-corrected chi connectivity index (χ2v) is 5.83. The molecule has 3 aromatic rings. The summed E-state index contributed by atoms with van der Waals surface area (Å²) in [4.78, 5) is 12.1. The van der Waals surface area contributed by atoms with Crippen molar-refractivity contribution in [1.82, 2.24) is 0 Å². The number of methoxy groups -OCH3 is 1. The number of hydrogen-bond acceptors (Lipinski definition) is 2. The molecule has 0 aliphatic carbocycles. The molecule has 1 aliphatic rings. The Labute approximate surface area is 134 Å². The minimum absolute atomic E-state index is 0.0635. The molecule has 0 unspecified atom stereocenters. The van der Waals surface area contributed by atoms with Crippen LogP contribution < -0.4 is 10.1 Å². The molecule has 0 fully saturated rings. The number of fused-ring (bicyclic) bond motifs is 3. The molecular weight excluding hydrogens is 286 g/mol. The van der Waals surface area contributed by atoms with Crippen molar-refractivity contribution in [3.05, 3.63) is 71.8 Å². The van der Waals surface area contributed by atoms with Crippen LogP contribution in [0.5, 0.6) is 5.75 Å². The summed E-state index contributed by atoms with van der Waals surface area (Å²) in [6.45, 7) is 0. The van der Waals surface area contributed by atoms with Gasteiger partial charge in [-0.05, 0) is 40.1 Å². The van der Waals surface area contributed by atoms with Gasteiger partial charge < -0.3 is 10.1 Å². The van der Waals surface area contributed by atoms with E-state index in [1.54, 1.807) is 7.11 Å². The van der Waals surface area contributed by atoms with Crippen molar-refractivity contribution in [2.45, 2.75) is 12.3 Å². The second-order valence-electron chi connectivity index (χ2n) is 5.83. The van der Waals surface area contributed by atoms with Gasteiger partial charge in [-0.15, -0.1) is 0 Å². The molecule has 1 N–H and O–H groups in total. The molecule has 3 nitrogen and oxygen atoms in total. The highest BCUT2D eigenvalue weighted by Crippen LogP contribution is 2.41. The van der Waals surface area contributed by atoms with Crippen LogP contribution in [0.1, 0.15) is 23.5 Å². The average molecular weight is 303 g/mol. The number of carbonyl (C=O) groups is 1. The third-order valence-electron chi connectivity index (χ3n) is 4.50. The molecule has 0 saturated heterocycles. The fourth-order valence-corrected chi connectivity index (χ4v) is 3.39. The van der Waals surface area contributed by atoms with Gasteiger partial charge in [0.2, 0.25) is 5.91 Å². The Bertz CT molecular complexity index is 884. The van der Waals surface area contributed by atoms with Gasteiger partial charge in [0, 0.05) is 18.0 Å². The van der Waals surface area contributed by atoms with Gasteiger partial charge in [0.1, 0.15) is 5.75 Å². The fraction of sp³-hybridized carbons (Fsp3) is 0.150. The standard InChI is InChI=1S/C20H17NO2/c1-23-15-9-6-14(7-10-15)17-12-19(22)21-18-11-8-13-4-2-3-5-16(13)20(17)18/h2-11,17H,12H2,1H3,(H,21,22)/t17-/m1/s1. The lowest BCUT2D eigenvalue weighted by molar-refractivity contribution is -0.116. The second kappa shape index (κ2) is 5.43. The summed E-state index contributed by atoms with van der Waals surface area (Å²) in [6, 6.07) is 20.4. The minimum Gasteiger partial charge on any atom is -0.497 e. The topological polar surface area (TPSA) is 38.3 Å². The average Bonchev–Trinajstić information content (AvgIpc) is 2.60. The van der Waals surface area contributed by atoms with E-state index in [0.717, 1.165) is 17.0 Å². The van der Waals surface area contributed by atoms with Crippen LogP contribution in [0.25, 0.3) is 10.8 Å². The maximum absolute atomic E-state index is 12.1. The van der Waals surface area contributed by atoms with Crippen LogP contribution in [0.15, 0.2) is 60.7 Å². The Morgan fingerprint density at radius 1 is 1.00 bits per heavy atom. The van der Waals surface area contributed by atoms with Gasteiger partial charge in [0.25, 0.3) is 0 Å². The first kappa shape index (κ1) is 13.8. The molecule has 0 radical (unpaired) electrons. The molecule has 0 bridgehead atoms. The van der Waals surface area contributed by atoms with Crippen molar-refractivity contribution in [3.8, 4) is 5.75 Å². The van der Waals surface area contributed by atoms with E-state index in [1.165, 1.54) is 16.3 Å². The minimum atomic E-state index is 0.0635. The van der Waals surface area contributed by atoms with E-state index in [9.17, 15) is 4.79 Å². The zero-order valence-corrected chi connectivity index (χ0v) is 12.9. The van der Waals surface area contributed by atoms with E-state index in [4.69, 9.17) is 4.74 Å². The van der Waals surface area contributed by atoms with Crippen LogP contribution >= 0.6 is 0 Å². The number of carbonyl (C=O) groups excluding carboxylic acids is 1. The number of anilines is 1. The molecule has 23 heavy (non-hydrogen) atoms. The number of ether oxygens (including phenoxy) is 1. The summed E-state index contributed by atoms with van der Waals surface area (Å²) >= 11 is 0. The van der Waals surface area contributed by atoms with E-state index in [-0.39, 0.29) is 11.8 Å². The van der Waals surface area contributed by atoms with E-state index >= 15 is 0 Å². The van der Waals surface area contributed by atoms with Crippen molar-refractivity contribution < 1.29 is 9.53 Å². The van der Waals surface area contributed by atoms with Crippen LogP contribution in [0.2, 0.25) is 0 Å². The van der Waals surface area contributed by atoms with Gasteiger partial charge in [0.05, 0.1) is 7.11 Å². The maximum atomic E-state index is 12.1. The van der Waals surface area contributed by atoms with E-state index in [0.29, 0.717) is 6.42 Å². The van der Waals surface area contributed by atoms with Gasteiger partial charge in [-0.2, -0.15) is 0 Å². The first-order valence-electron chi connectivity index (χ1n) is 7.72. The predicted octanol–water partition coefficient (Wildman–Crippen LogP) is 4.32. The highest BCUT2D eigenvalue weighted by atomic mass is 16.5. The van der Waals surface area contributed by atoms with Gasteiger partial charge in [-0.1, -0.05) is 42.5 Å². The zero-order chi connectivity index (χ0) is 15.8. The molecule has 1 heterocycles. The SMILES string of the molecule is COc1ccc([C@H]2CC(=O)Nc3ccc4ccccc4c32)cc1. The Morgan fingerprint density at radius 3 is 2.57 bits per heavy atom. The van der Waals surface area contributed by atoms with Crippen LogP contribution in [0, 0.1) is 0 Å². The zero-order valence-electron chi connectivity index (χ0n) is 12.9. The van der Waals surface area contributed by atoms with Crippen molar-refractivity contribution in [2.24, 2.45) is 0 Å². The van der Waals surface area contributed by atoms with E-state index in [1.807, 2.05) is 42.5 Å². The number of nitrogens with one attached hydrogen (secondary N) is 1. The Kier molecular flexibility index (Phi) is 3.27. The molecule has 114 valence electrons. The summed E-state index contributed by atoms with van der Waals surface area (Å²) in [5.41, 5.74) is 3.26. The molecule has 0 aromatic heterocycles. The van der Waals surface area contributed by atoms with Crippen molar-refractivity contribution in [1.29, 1.82) is 0 Å². The van der Waals surface area contributed by atoms with Gasteiger partial charge in [-0.3, -0.25) is 4.79 Å². The lowest BCUT2D eigenvalue weighted by atomic mass is 9.82. The summed E-state index contributed by atoms with van der Waals surface area (Å²) < 4.78 is 5.24. The maximum Gasteiger partial charge on any atom is 0.225 e. The first-order valence-corrected chi connectivity index (χ1v) is 7.72. The molecule has 1 amide bonds. The lowest BCUT2D eigenvalue weighted by Crippen LogP contribution is -2.23. The van der Waals surface area contributed by atoms with E-state index < -0.39 is 0 Å². The normalized spacial score (nSPS) is 16.7. The first-order chi connectivity index (χ1) is 11.3. The van der Waals surface area contributed by atoms with Crippen LogP contribution in [0.3, 0.4) is 0 Å². The quantitative estimate of drug-likeness (QED) is 0.765. The fourth-order valence-electron chi connectivity index (χ4n) is 3.39. The van der Waals surface area contributed by atoms with Crippen molar-refractivity contribution in [2.75, 3.05) is 12.4 Å².